The largest absolute Gasteiger partial charge is 0.285 e. The number of hydrogen-bond acceptors (Lipinski definition) is 2. The van der Waals surface area contributed by atoms with Crippen LogP contribution >= 0.6 is 11.3 Å². The first-order valence-corrected chi connectivity index (χ1v) is 7.32. The number of benzene rings is 2. The van der Waals surface area contributed by atoms with Gasteiger partial charge in [0.05, 0.1) is 6.04 Å². The molecule has 0 radical (unpaired) electrons. The van der Waals surface area contributed by atoms with E-state index in [1.165, 1.54) is 21.9 Å². The van der Waals surface area contributed by atoms with E-state index < -0.39 is 0 Å². The van der Waals surface area contributed by atoms with Crippen molar-refractivity contribution in [1.29, 1.82) is 0 Å². The second-order valence-corrected chi connectivity index (χ2v) is 5.36. The molecule has 0 bridgehead atoms. The summed E-state index contributed by atoms with van der Waals surface area (Å²) in [6.07, 6.45) is 1.96. The first kappa shape index (κ1) is 12.1. The van der Waals surface area contributed by atoms with E-state index in [0.29, 0.717) is 0 Å². The fraction of sp³-hybridized carbons (Fsp3) is 0.118. The van der Waals surface area contributed by atoms with Gasteiger partial charge >= 0.3 is 0 Å². The van der Waals surface area contributed by atoms with E-state index in [0.717, 1.165) is 0 Å². The first-order valence-electron chi connectivity index (χ1n) is 6.37. The van der Waals surface area contributed by atoms with E-state index in [9.17, 15) is 0 Å². The van der Waals surface area contributed by atoms with Gasteiger partial charge in [-0.05, 0) is 40.1 Å². The lowest BCUT2D eigenvalue weighted by Gasteiger charge is -2.10. The van der Waals surface area contributed by atoms with Crippen LogP contribution in [0.5, 0.6) is 0 Å². The molecule has 0 saturated carbocycles. The third kappa shape index (κ3) is 2.59. The highest BCUT2D eigenvalue weighted by atomic mass is 32.1. The van der Waals surface area contributed by atoms with Crippen molar-refractivity contribution in [2.24, 2.45) is 4.99 Å². The molecule has 0 unspecified atom stereocenters. The molecule has 0 N–H and O–H groups in total. The van der Waals surface area contributed by atoms with Crippen LogP contribution < -0.4 is 0 Å². The summed E-state index contributed by atoms with van der Waals surface area (Å²) in [5.74, 6) is 0. The molecule has 0 aliphatic carbocycles. The van der Waals surface area contributed by atoms with E-state index in [4.69, 9.17) is 0 Å². The molecule has 0 spiro atoms. The molecule has 2 heteroatoms. The van der Waals surface area contributed by atoms with Crippen molar-refractivity contribution in [2.75, 3.05) is 0 Å². The van der Waals surface area contributed by atoms with E-state index in [1.807, 2.05) is 6.21 Å². The lowest BCUT2D eigenvalue weighted by molar-refractivity contribution is 0.834. The third-order valence-electron chi connectivity index (χ3n) is 3.26. The van der Waals surface area contributed by atoms with Crippen LogP contribution in [0.3, 0.4) is 0 Å². The Balaban J connectivity index is 1.95. The zero-order valence-corrected chi connectivity index (χ0v) is 11.6. The van der Waals surface area contributed by atoms with Crippen molar-refractivity contribution in [2.45, 2.75) is 13.0 Å². The smallest absolute Gasteiger partial charge is 0.0727 e. The summed E-state index contributed by atoms with van der Waals surface area (Å²) >= 11 is 1.70. The summed E-state index contributed by atoms with van der Waals surface area (Å²) in [6, 6.07) is 17.2. The van der Waals surface area contributed by atoms with Gasteiger partial charge in [0, 0.05) is 11.8 Å². The number of nitrogens with zero attached hydrogens (tertiary/aromatic N) is 1. The van der Waals surface area contributed by atoms with Gasteiger partial charge in [0.25, 0.3) is 0 Å². The summed E-state index contributed by atoms with van der Waals surface area (Å²) in [6.45, 7) is 2.14. The van der Waals surface area contributed by atoms with Gasteiger partial charge in [-0.2, -0.15) is 11.3 Å². The van der Waals surface area contributed by atoms with E-state index in [2.05, 4.69) is 71.2 Å². The Morgan fingerprint density at radius 1 is 1.05 bits per heavy atom. The van der Waals surface area contributed by atoms with Gasteiger partial charge in [0.15, 0.2) is 0 Å². The molecular weight excluding hydrogens is 250 g/mol. The minimum absolute atomic E-state index is 0.172. The fourth-order valence-corrected chi connectivity index (χ4v) is 2.85. The summed E-state index contributed by atoms with van der Waals surface area (Å²) in [4.78, 5) is 4.67. The topological polar surface area (TPSA) is 12.4 Å². The number of rotatable bonds is 3. The van der Waals surface area contributed by atoms with Crippen molar-refractivity contribution in [3.05, 3.63) is 70.4 Å². The Bertz CT molecular complexity index is 693. The van der Waals surface area contributed by atoms with Crippen LogP contribution in [0, 0.1) is 0 Å². The van der Waals surface area contributed by atoms with Crippen LogP contribution in [0.25, 0.3) is 10.8 Å². The predicted octanol–water partition coefficient (Wildman–Crippen LogP) is 5.08. The number of hydrogen-bond donors (Lipinski definition) is 0. The Hall–Kier alpha value is -1.93. The van der Waals surface area contributed by atoms with Crippen LogP contribution in [0.15, 0.2) is 64.3 Å². The molecule has 0 fully saturated rings. The maximum atomic E-state index is 4.67. The Kier molecular flexibility index (Phi) is 3.43. The summed E-state index contributed by atoms with van der Waals surface area (Å²) in [5.41, 5.74) is 2.46. The van der Waals surface area contributed by atoms with Crippen molar-refractivity contribution in [1.82, 2.24) is 0 Å². The lowest BCUT2D eigenvalue weighted by Crippen LogP contribution is -1.92. The Morgan fingerprint density at radius 3 is 2.74 bits per heavy atom. The molecule has 0 aliphatic heterocycles. The molecule has 2 aromatic carbocycles. The molecule has 0 amide bonds. The van der Waals surface area contributed by atoms with Crippen LogP contribution in [-0.4, -0.2) is 6.21 Å². The van der Waals surface area contributed by atoms with Crippen LogP contribution in [0.1, 0.15) is 24.1 Å². The van der Waals surface area contributed by atoms with Crippen LogP contribution in [0.2, 0.25) is 0 Å². The normalized spacial score (nSPS) is 13.1. The lowest BCUT2D eigenvalue weighted by atomic mass is 10.00. The summed E-state index contributed by atoms with van der Waals surface area (Å²) < 4.78 is 0. The summed E-state index contributed by atoms with van der Waals surface area (Å²) in [7, 11) is 0. The van der Waals surface area contributed by atoms with Crippen molar-refractivity contribution in [3.63, 3.8) is 0 Å². The third-order valence-corrected chi connectivity index (χ3v) is 3.97. The van der Waals surface area contributed by atoms with E-state index in [1.54, 1.807) is 11.3 Å². The van der Waals surface area contributed by atoms with Crippen molar-refractivity contribution < 1.29 is 0 Å². The highest BCUT2D eigenvalue weighted by molar-refractivity contribution is 7.08. The molecule has 1 aromatic heterocycles. The van der Waals surface area contributed by atoms with Crippen molar-refractivity contribution in [3.8, 4) is 0 Å². The van der Waals surface area contributed by atoms with E-state index in [-0.39, 0.29) is 6.04 Å². The van der Waals surface area contributed by atoms with Gasteiger partial charge in [0.2, 0.25) is 0 Å². The van der Waals surface area contributed by atoms with E-state index >= 15 is 0 Å². The first-order chi connectivity index (χ1) is 9.34. The number of aliphatic imine (C=N–C) groups is 1. The molecule has 1 nitrogen and oxygen atoms in total. The average molecular weight is 265 g/mol. The molecule has 94 valence electrons. The van der Waals surface area contributed by atoms with Gasteiger partial charge in [-0.1, -0.05) is 42.5 Å². The molecule has 0 aliphatic rings. The fourth-order valence-electron chi connectivity index (χ4n) is 2.24. The zero-order chi connectivity index (χ0) is 13.1. The second-order valence-electron chi connectivity index (χ2n) is 4.58. The second kappa shape index (κ2) is 5.37. The van der Waals surface area contributed by atoms with Crippen LogP contribution in [-0.2, 0) is 0 Å². The van der Waals surface area contributed by atoms with Crippen molar-refractivity contribution >= 4 is 28.3 Å². The zero-order valence-electron chi connectivity index (χ0n) is 10.8. The Labute approximate surface area is 117 Å². The molecular formula is C17H15NS. The quantitative estimate of drug-likeness (QED) is 0.585. The van der Waals surface area contributed by atoms with Gasteiger partial charge in [-0.3, -0.25) is 4.99 Å². The van der Waals surface area contributed by atoms with Gasteiger partial charge < -0.3 is 0 Å². The molecule has 1 heterocycles. The molecule has 1 atom stereocenters. The number of thiophene rings is 1. The Morgan fingerprint density at radius 2 is 1.89 bits per heavy atom. The highest BCUT2D eigenvalue weighted by Gasteiger charge is 2.06. The predicted molar refractivity (Wildman–Crippen MR) is 84.3 cm³/mol. The van der Waals surface area contributed by atoms with Gasteiger partial charge in [-0.25, -0.2) is 0 Å². The highest BCUT2D eigenvalue weighted by Crippen LogP contribution is 2.26. The number of fused-ring (bicyclic) bond motifs is 1. The molecule has 3 aromatic rings. The average Bonchev–Trinajstić information content (AvgIpc) is 2.97. The molecule has 0 saturated heterocycles. The van der Waals surface area contributed by atoms with Gasteiger partial charge in [-0.15, -0.1) is 0 Å². The SMILES string of the molecule is C[C@H](N=Cc1ccsc1)c1cccc2ccccc12. The minimum Gasteiger partial charge on any atom is -0.285 e. The van der Waals surface area contributed by atoms with Crippen LogP contribution in [0.4, 0.5) is 0 Å². The molecule has 19 heavy (non-hydrogen) atoms. The monoisotopic (exact) mass is 265 g/mol. The minimum atomic E-state index is 0.172. The summed E-state index contributed by atoms with van der Waals surface area (Å²) in [5, 5.41) is 6.75. The maximum Gasteiger partial charge on any atom is 0.0727 e. The maximum absolute atomic E-state index is 4.67. The van der Waals surface area contributed by atoms with Gasteiger partial charge in [0.1, 0.15) is 0 Å². The molecule has 3 rings (SSSR count). The standard InChI is InChI=1S/C17H15NS/c1-13(18-11-14-9-10-19-12-14)16-8-4-6-15-5-2-3-7-17(15)16/h2-13H,1H3/t13-/m0/s1.